The van der Waals surface area contributed by atoms with Crippen LogP contribution < -0.4 is 4.74 Å². The predicted octanol–water partition coefficient (Wildman–Crippen LogP) is 2.70. The first-order valence-corrected chi connectivity index (χ1v) is 6.65. The fourth-order valence-corrected chi connectivity index (χ4v) is 2.15. The van der Waals surface area contributed by atoms with Crippen molar-refractivity contribution in [2.75, 3.05) is 19.8 Å². The van der Waals surface area contributed by atoms with Crippen LogP contribution in [0.25, 0.3) is 0 Å². The maximum absolute atomic E-state index is 5.79. The van der Waals surface area contributed by atoms with Crippen molar-refractivity contribution in [3.05, 3.63) is 23.5 Å². The van der Waals surface area contributed by atoms with Crippen LogP contribution in [0.2, 0.25) is 0 Å². The lowest BCUT2D eigenvalue weighted by atomic mass is 10.1. The molecule has 4 heteroatoms. The van der Waals surface area contributed by atoms with Gasteiger partial charge in [-0.05, 0) is 25.5 Å². The standard InChI is InChI=1S/C12H16BrNO2/c1-9-2-3-12(11(6-13)14-9)16-8-10-4-5-15-7-10/h2-3,10H,4-8H2,1H3. The van der Waals surface area contributed by atoms with Crippen molar-refractivity contribution in [2.45, 2.75) is 18.7 Å². The first-order valence-electron chi connectivity index (χ1n) is 5.52. The Kier molecular flexibility index (Phi) is 4.18. The van der Waals surface area contributed by atoms with Crippen molar-refractivity contribution >= 4 is 15.9 Å². The molecule has 2 rings (SSSR count). The predicted molar refractivity (Wildman–Crippen MR) is 66.0 cm³/mol. The van der Waals surface area contributed by atoms with Gasteiger partial charge in [-0.15, -0.1) is 0 Å². The molecule has 1 saturated heterocycles. The third-order valence-electron chi connectivity index (χ3n) is 2.70. The van der Waals surface area contributed by atoms with Crippen molar-refractivity contribution in [2.24, 2.45) is 5.92 Å². The Bertz CT molecular complexity index is 351. The van der Waals surface area contributed by atoms with E-state index in [1.807, 2.05) is 19.1 Å². The molecule has 0 N–H and O–H groups in total. The molecule has 1 aromatic heterocycles. The fraction of sp³-hybridized carbons (Fsp3) is 0.583. The van der Waals surface area contributed by atoms with E-state index < -0.39 is 0 Å². The minimum Gasteiger partial charge on any atom is -0.491 e. The summed E-state index contributed by atoms with van der Waals surface area (Å²) in [6.45, 7) is 4.40. The molecule has 0 saturated carbocycles. The van der Waals surface area contributed by atoms with Crippen LogP contribution in [0.3, 0.4) is 0 Å². The average molecular weight is 286 g/mol. The third-order valence-corrected chi connectivity index (χ3v) is 3.23. The summed E-state index contributed by atoms with van der Waals surface area (Å²) in [6, 6.07) is 3.97. The van der Waals surface area contributed by atoms with Crippen molar-refractivity contribution in [3.63, 3.8) is 0 Å². The maximum Gasteiger partial charge on any atom is 0.141 e. The highest BCUT2D eigenvalue weighted by Gasteiger charge is 2.17. The second-order valence-electron chi connectivity index (χ2n) is 4.07. The Morgan fingerprint density at radius 3 is 3.12 bits per heavy atom. The normalized spacial score (nSPS) is 20.0. The number of ether oxygens (including phenoxy) is 2. The lowest BCUT2D eigenvalue weighted by Gasteiger charge is -2.12. The zero-order valence-electron chi connectivity index (χ0n) is 9.41. The molecule has 0 bridgehead atoms. The molecule has 16 heavy (non-hydrogen) atoms. The number of hydrogen-bond acceptors (Lipinski definition) is 3. The van der Waals surface area contributed by atoms with Crippen LogP contribution in [-0.4, -0.2) is 24.8 Å². The van der Waals surface area contributed by atoms with Crippen LogP contribution in [-0.2, 0) is 10.1 Å². The van der Waals surface area contributed by atoms with Crippen LogP contribution >= 0.6 is 15.9 Å². The van der Waals surface area contributed by atoms with Crippen LogP contribution in [0.1, 0.15) is 17.8 Å². The Hall–Kier alpha value is -0.610. The van der Waals surface area contributed by atoms with E-state index in [1.54, 1.807) is 0 Å². The Morgan fingerprint density at radius 1 is 1.56 bits per heavy atom. The first kappa shape index (κ1) is 11.9. The molecule has 0 aliphatic carbocycles. The smallest absolute Gasteiger partial charge is 0.141 e. The highest BCUT2D eigenvalue weighted by Crippen LogP contribution is 2.21. The monoisotopic (exact) mass is 285 g/mol. The Balaban J connectivity index is 1.97. The molecule has 2 heterocycles. The second-order valence-corrected chi connectivity index (χ2v) is 4.63. The van der Waals surface area contributed by atoms with Gasteiger partial charge in [-0.2, -0.15) is 0 Å². The van der Waals surface area contributed by atoms with Crippen LogP contribution in [0.15, 0.2) is 12.1 Å². The second kappa shape index (κ2) is 5.64. The summed E-state index contributed by atoms with van der Waals surface area (Å²) in [5, 5.41) is 0.727. The summed E-state index contributed by atoms with van der Waals surface area (Å²) in [4.78, 5) is 4.43. The number of hydrogen-bond donors (Lipinski definition) is 0. The average Bonchev–Trinajstić information content (AvgIpc) is 2.80. The largest absolute Gasteiger partial charge is 0.491 e. The number of nitrogens with zero attached hydrogens (tertiary/aromatic N) is 1. The van der Waals surface area contributed by atoms with Crippen molar-refractivity contribution in [1.29, 1.82) is 0 Å². The number of alkyl halides is 1. The maximum atomic E-state index is 5.79. The van der Waals surface area contributed by atoms with Gasteiger partial charge in [0.1, 0.15) is 5.75 Å². The van der Waals surface area contributed by atoms with Crippen molar-refractivity contribution in [1.82, 2.24) is 4.98 Å². The summed E-state index contributed by atoms with van der Waals surface area (Å²) >= 11 is 3.43. The van der Waals surface area contributed by atoms with Gasteiger partial charge in [0.25, 0.3) is 0 Å². The molecule has 1 atom stereocenters. The summed E-state index contributed by atoms with van der Waals surface area (Å²) < 4.78 is 11.1. The summed E-state index contributed by atoms with van der Waals surface area (Å²) in [7, 11) is 0. The molecular weight excluding hydrogens is 270 g/mol. The van der Waals surface area contributed by atoms with Crippen LogP contribution in [0.5, 0.6) is 5.75 Å². The molecular formula is C12H16BrNO2. The number of pyridine rings is 1. The Morgan fingerprint density at radius 2 is 2.44 bits per heavy atom. The quantitative estimate of drug-likeness (QED) is 0.797. The van der Waals surface area contributed by atoms with E-state index in [4.69, 9.17) is 9.47 Å². The molecule has 1 aliphatic heterocycles. The molecule has 1 fully saturated rings. The number of aromatic nitrogens is 1. The van der Waals surface area contributed by atoms with Gasteiger partial charge in [0, 0.05) is 23.5 Å². The lowest BCUT2D eigenvalue weighted by Crippen LogP contribution is -2.12. The highest BCUT2D eigenvalue weighted by atomic mass is 79.9. The zero-order valence-corrected chi connectivity index (χ0v) is 11.0. The number of rotatable bonds is 4. The Labute approximate surface area is 104 Å². The van der Waals surface area contributed by atoms with Gasteiger partial charge in [0.15, 0.2) is 0 Å². The minimum atomic E-state index is 0.532. The van der Waals surface area contributed by atoms with Gasteiger partial charge in [-0.1, -0.05) is 15.9 Å². The fourth-order valence-electron chi connectivity index (χ4n) is 1.75. The van der Waals surface area contributed by atoms with Crippen molar-refractivity contribution < 1.29 is 9.47 Å². The molecule has 88 valence electrons. The van der Waals surface area contributed by atoms with E-state index >= 15 is 0 Å². The van der Waals surface area contributed by atoms with E-state index in [-0.39, 0.29) is 0 Å². The van der Waals surface area contributed by atoms with Gasteiger partial charge in [-0.3, -0.25) is 4.98 Å². The molecule has 1 aromatic rings. The molecule has 1 aliphatic rings. The molecule has 3 nitrogen and oxygen atoms in total. The lowest BCUT2D eigenvalue weighted by molar-refractivity contribution is 0.166. The van der Waals surface area contributed by atoms with Crippen molar-refractivity contribution in [3.8, 4) is 5.75 Å². The van der Waals surface area contributed by atoms with Gasteiger partial charge < -0.3 is 9.47 Å². The summed E-state index contributed by atoms with van der Waals surface area (Å²) in [5.41, 5.74) is 1.99. The molecule has 0 radical (unpaired) electrons. The topological polar surface area (TPSA) is 31.4 Å². The molecule has 0 aromatic carbocycles. The third kappa shape index (κ3) is 2.95. The highest BCUT2D eigenvalue weighted by molar-refractivity contribution is 9.08. The SMILES string of the molecule is Cc1ccc(OCC2CCOC2)c(CBr)n1. The molecule has 0 spiro atoms. The molecule has 0 amide bonds. The van der Waals surface area contributed by atoms with Gasteiger partial charge in [0.2, 0.25) is 0 Å². The van der Waals surface area contributed by atoms with E-state index in [1.165, 1.54) is 0 Å². The minimum absolute atomic E-state index is 0.532. The first-order chi connectivity index (χ1) is 7.79. The molecule has 1 unspecified atom stereocenters. The van der Waals surface area contributed by atoms with E-state index in [0.29, 0.717) is 5.92 Å². The van der Waals surface area contributed by atoms with Gasteiger partial charge in [0.05, 0.1) is 18.9 Å². The van der Waals surface area contributed by atoms with E-state index in [0.717, 1.165) is 48.7 Å². The van der Waals surface area contributed by atoms with E-state index in [9.17, 15) is 0 Å². The number of aryl methyl sites for hydroxylation is 1. The number of halogens is 1. The van der Waals surface area contributed by atoms with Gasteiger partial charge >= 0.3 is 0 Å². The summed E-state index contributed by atoms with van der Waals surface area (Å²) in [6.07, 6.45) is 1.10. The van der Waals surface area contributed by atoms with Crippen LogP contribution in [0.4, 0.5) is 0 Å². The van der Waals surface area contributed by atoms with E-state index in [2.05, 4.69) is 20.9 Å². The van der Waals surface area contributed by atoms with Gasteiger partial charge in [-0.25, -0.2) is 0 Å². The summed E-state index contributed by atoms with van der Waals surface area (Å²) in [5.74, 6) is 1.42. The zero-order chi connectivity index (χ0) is 11.4. The van der Waals surface area contributed by atoms with Crippen LogP contribution in [0, 0.1) is 12.8 Å².